The van der Waals surface area contributed by atoms with Gasteiger partial charge >= 0.3 is 0 Å². The highest BCUT2D eigenvalue weighted by atomic mass is 16.5. The van der Waals surface area contributed by atoms with Crippen LogP contribution < -0.4 is 10.1 Å². The molecule has 0 aliphatic carbocycles. The average Bonchev–Trinajstić information content (AvgIpc) is 2.49. The molecule has 0 atom stereocenters. The molecule has 2 heterocycles. The van der Waals surface area contributed by atoms with Gasteiger partial charge in [0.2, 0.25) is 11.8 Å². The first kappa shape index (κ1) is 14.6. The minimum atomic E-state index is 0.219. The van der Waals surface area contributed by atoms with Crippen LogP contribution in [0.3, 0.4) is 0 Å². The maximum absolute atomic E-state index is 12.0. The van der Waals surface area contributed by atoms with Crippen molar-refractivity contribution >= 4 is 11.7 Å². The minimum absolute atomic E-state index is 0.219. The van der Waals surface area contributed by atoms with Crippen molar-refractivity contribution in [2.45, 2.75) is 32.6 Å². The van der Waals surface area contributed by atoms with Crippen molar-refractivity contribution in [3.8, 4) is 5.88 Å². The summed E-state index contributed by atoms with van der Waals surface area (Å²) < 4.78 is 5.30. The third kappa shape index (κ3) is 4.36. The van der Waals surface area contributed by atoms with Gasteiger partial charge in [0.05, 0.1) is 6.61 Å². The maximum atomic E-state index is 12.0. The number of likely N-dealkylation sites (tertiary alicyclic amines) is 1. The number of nitrogens with one attached hydrogen (secondary N) is 1. The van der Waals surface area contributed by atoms with Gasteiger partial charge in [-0.3, -0.25) is 4.79 Å². The normalized spacial score (nSPS) is 14.9. The van der Waals surface area contributed by atoms with Crippen LogP contribution in [-0.4, -0.2) is 47.0 Å². The lowest BCUT2D eigenvalue weighted by atomic mass is 10.1. The topological polar surface area (TPSA) is 67.3 Å². The Morgan fingerprint density at radius 3 is 2.90 bits per heavy atom. The summed E-state index contributed by atoms with van der Waals surface area (Å²) in [7, 11) is 0. The highest BCUT2D eigenvalue weighted by Crippen LogP contribution is 2.12. The molecule has 6 heteroatoms. The second-order valence-electron chi connectivity index (χ2n) is 4.79. The van der Waals surface area contributed by atoms with Crippen LogP contribution in [0.25, 0.3) is 0 Å². The standard InChI is InChI=1S/C14H22N4O2/c1-2-20-13-10-12(16-11-17-13)15-7-6-14(19)18-8-4-3-5-9-18/h10-11H,2-9H2,1H3,(H,15,16,17). The van der Waals surface area contributed by atoms with Gasteiger partial charge < -0.3 is 15.0 Å². The SMILES string of the molecule is CCOc1cc(NCCC(=O)N2CCCCC2)ncn1. The molecule has 0 saturated carbocycles. The van der Waals surface area contributed by atoms with Crippen LogP contribution in [0.15, 0.2) is 12.4 Å². The van der Waals surface area contributed by atoms with Gasteiger partial charge in [-0.05, 0) is 26.2 Å². The number of anilines is 1. The maximum Gasteiger partial charge on any atom is 0.224 e. The first-order valence-electron chi connectivity index (χ1n) is 7.26. The van der Waals surface area contributed by atoms with E-state index in [1.54, 1.807) is 6.07 Å². The van der Waals surface area contributed by atoms with Crippen molar-refractivity contribution in [1.29, 1.82) is 0 Å². The Morgan fingerprint density at radius 1 is 1.35 bits per heavy atom. The van der Waals surface area contributed by atoms with E-state index in [0.717, 1.165) is 25.9 Å². The Labute approximate surface area is 119 Å². The van der Waals surface area contributed by atoms with E-state index in [2.05, 4.69) is 15.3 Å². The van der Waals surface area contributed by atoms with Crippen LogP contribution in [0.4, 0.5) is 5.82 Å². The number of carbonyl (C=O) groups is 1. The lowest BCUT2D eigenvalue weighted by Gasteiger charge is -2.26. The molecule has 1 aromatic heterocycles. The zero-order valence-electron chi connectivity index (χ0n) is 12.0. The summed E-state index contributed by atoms with van der Waals surface area (Å²) in [5.74, 6) is 1.46. The van der Waals surface area contributed by atoms with Gasteiger partial charge in [0.25, 0.3) is 0 Å². The summed E-state index contributed by atoms with van der Waals surface area (Å²) in [6.45, 7) is 4.87. The van der Waals surface area contributed by atoms with Gasteiger partial charge in [0.15, 0.2) is 0 Å². The van der Waals surface area contributed by atoms with E-state index in [0.29, 0.717) is 31.3 Å². The summed E-state index contributed by atoms with van der Waals surface area (Å²) in [5, 5.41) is 3.13. The van der Waals surface area contributed by atoms with Crippen LogP contribution in [0.1, 0.15) is 32.6 Å². The highest BCUT2D eigenvalue weighted by Gasteiger charge is 2.15. The van der Waals surface area contributed by atoms with Crippen molar-refractivity contribution in [1.82, 2.24) is 14.9 Å². The Kier molecular flexibility index (Phi) is 5.58. The van der Waals surface area contributed by atoms with Gasteiger partial charge in [-0.2, -0.15) is 0 Å². The number of hydrogen-bond acceptors (Lipinski definition) is 5. The van der Waals surface area contributed by atoms with Crippen molar-refractivity contribution < 1.29 is 9.53 Å². The summed E-state index contributed by atoms with van der Waals surface area (Å²) in [4.78, 5) is 22.0. The molecule has 0 aromatic carbocycles. The van der Waals surface area contributed by atoms with Crippen LogP contribution in [0.5, 0.6) is 5.88 Å². The number of hydrogen-bond donors (Lipinski definition) is 1. The van der Waals surface area contributed by atoms with E-state index < -0.39 is 0 Å². The summed E-state index contributed by atoms with van der Waals surface area (Å²) in [6.07, 6.45) is 5.45. The molecule has 1 amide bonds. The van der Waals surface area contributed by atoms with Crippen molar-refractivity contribution in [2.24, 2.45) is 0 Å². The molecule has 1 aliphatic rings. The third-order valence-electron chi connectivity index (χ3n) is 3.29. The number of piperidine rings is 1. The van der Waals surface area contributed by atoms with Crippen LogP contribution in [0, 0.1) is 0 Å². The van der Waals surface area contributed by atoms with E-state index in [1.807, 2.05) is 11.8 Å². The minimum Gasteiger partial charge on any atom is -0.478 e. The molecular formula is C14H22N4O2. The van der Waals surface area contributed by atoms with E-state index >= 15 is 0 Å². The molecule has 0 spiro atoms. The highest BCUT2D eigenvalue weighted by molar-refractivity contribution is 5.76. The number of carbonyl (C=O) groups excluding carboxylic acids is 1. The van der Waals surface area contributed by atoms with Crippen molar-refractivity contribution in [3.05, 3.63) is 12.4 Å². The zero-order chi connectivity index (χ0) is 14.2. The Balaban J connectivity index is 1.74. The smallest absolute Gasteiger partial charge is 0.224 e. The fourth-order valence-corrected chi connectivity index (χ4v) is 2.26. The fraction of sp³-hybridized carbons (Fsp3) is 0.643. The molecule has 0 radical (unpaired) electrons. The van der Waals surface area contributed by atoms with Gasteiger partial charge in [0, 0.05) is 32.1 Å². The summed E-state index contributed by atoms with van der Waals surface area (Å²) in [5.41, 5.74) is 0. The van der Waals surface area contributed by atoms with Crippen molar-refractivity contribution in [2.75, 3.05) is 31.6 Å². The number of nitrogens with zero attached hydrogens (tertiary/aromatic N) is 3. The molecule has 0 unspecified atom stereocenters. The largest absolute Gasteiger partial charge is 0.478 e. The first-order valence-corrected chi connectivity index (χ1v) is 7.26. The fourth-order valence-electron chi connectivity index (χ4n) is 2.26. The molecule has 1 saturated heterocycles. The predicted octanol–water partition coefficient (Wildman–Crippen LogP) is 1.69. The molecule has 6 nitrogen and oxygen atoms in total. The predicted molar refractivity (Wildman–Crippen MR) is 76.7 cm³/mol. The monoisotopic (exact) mass is 278 g/mol. The third-order valence-corrected chi connectivity index (χ3v) is 3.29. The number of ether oxygens (including phenoxy) is 1. The van der Waals surface area contributed by atoms with E-state index in [9.17, 15) is 4.79 Å². The lowest BCUT2D eigenvalue weighted by Crippen LogP contribution is -2.36. The molecule has 110 valence electrons. The van der Waals surface area contributed by atoms with Crippen molar-refractivity contribution in [3.63, 3.8) is 0 Å². The van der Waals surface area contributed by atoms with Gasteiger partial charge in [0.1, 0.15) is 12.1 Å². The summed E-state index contributed by atoms with van der Waals surface area (Å²) >= 11 is 0. The second-order valence-corrected chi connectivity index (χ2v) is 4.79. The van der Waals surface area contributed by atoms with Crippen LogP contribution in [0.2, 0.25) is 0 Å². The van der Waals surface area contributed by atoms with Gasteiger partial charge in [-0.15, -0.1) is 0 Å². The van der Waals surface area contributed by atoms with E-state index in [-0.39, 0.29) is 5.91 Å². The lowest BCUT2D eigenvalue weighted by molar-refractivity contribution is -0.131. The Hall–Kier alpha value is -1.85. The van der Waals surface area contributed by atoms with E-state index in [4.69, 9.17) is 4.74 Å². The molecule has 1 N–H and O–H groups in total. The summed E-state index contributed by atoms with van der Waals surface area (Å²) in [6, 6.07) is 1.74. The quantitative estimate of drug-likeness (QED) is 0.857. The van der Waals surface area contributed by atoms with Crippen LogP contribution in [-0.2, 0) is 4.79 Å². The Morgan fingerprint density at radius 2 is 2.15 bits per heavy atom. The van der Waals surface area contributed by atoms with Crippen LogP contribution >= 0.6 is 0 Å². The van der Waals surface area contributed by atoms with Gasteiger partial charge in [-0.25, -0.2) is 9.97 Å². The number of amides is 1. The zero-order valence-corrected chi connectivity index (χ0v) is 12.0. The molecule has 1 aromatic rings. The molecule has 20 heavy (non-hydrogen) atoms. The molecule has 0 bridgehead atoms. The molecule has 2 rings (SSSR count). The van der Waals surface area contributed by atoms with E-state index in [1.165, 1.54) is 12.7 Å². The molecule has 1 fully saturated rings. The molecular weight excluding hydrogens is 256 g/mol. The van der Waals surface area contributed by atoms with Gasteiger partial charge in [-0.1, -0.05) is 0 Å². The first-order chi connectivity index (χ1) is 9.79. The number of aromatic nitrogens is 2. The number of rotatable bonds is 6. The average molecular weight is 278 g/mol. The molecule has 1 aliphatic heterocycles. The Bertz CT molecular complexity index is 433. The second kappa shape index (κ2) is 7.67.